The van der Waals surface area contributed by atoms with Crippen LogP contribution in [0.4, 0.5) is 0 Å². The van der Waals surface area contributed by atoms with Crippen molar-refractivity contribution in [2.75, 3.05) is 12.4 Å². The first-order valence-electron chi connectivity index (χ1n) is 8.34. The van der Waals surface area contributed by atoms with Crippen LogP contribution in [-0.4, -0.2) is 76.3 Å². The predicted octanol–water partition coefficient (Wildman–Crippen LogP) is -3.69. The van der Waals surface area contributed by atoms with Crippen LogP contribution in [0.5, 0.6) is 0 Å². The van der Waals surface area contributed by atoms with Gasteiger partial charge in [-0.15, -0.1) is 0 Å². The Morgan fingerprint density at radius 1 is 0.964 bits per heavy atom. The smallest absolute Gasteiger partial charge is 0.327 e. The van der Waals surface area contributed by atoms with E-state index >= 15 is 0 Å². The van der Waals surface area contributed by atoms with E-state index in [1.54, 1.807) is 13.8 Å². The molecular formula is C15H27N5O7S. The van der Waals surface area contributed by atoms with Gasteiger partial charge in [-0.2, -0.15) is 12.6 Å². The van der Waals surface area contributed by atoms with Crippen molar-refractivity contribution in [3.05, 3.63) is 0 Å². The lowest BCUT2D eigenvalue weighted by molar-refractivity contribution is -0.142. The molecule has 12 nitrogen and oxygen atoms in total. The first-order chi connectivity index (χ1) is 12.9. The standard InChI is InChI=1S/C15H27N5O7S/c1-6(2)11(14(25)19-9(5-28)15(26)27)20-13(24)8(3-10(17)22)18-12(23)7(16)4-21/h6-9,11,21,28H,3-5,16H2,1-2H3,(H2,17,22)(H,18,23)(H,19,25)(H,20,24)(H,26,27). The third-order valence-electron chi connectivity index (χ3n) is 3.62. The van der Waals surface area contributed by atoms with E-state index in [0.29, 0.717) is 0 Å². The van der Waals surface area contributed by atoms with Crippen LogP contribution in [0.1, 0.15) is 20.3 Å². The molecule has 0 heterocycles. The van der Waals surface area contributed by atoms with Crippen molar-refractivity contribution >= 4 is 42.2 Å². The van der Waals surface area contributed by atoms with E-state index in [4.69, 9.17) is 21.7 Å². The molecule has 0 aliphatic rings. The van der Waals surface area contributed by atoms with Gasteiger partial charge in [-0.1, -0.05) is 13.8 Å². The summed E-state index contributed by atoms with van der Waals surface area (Å²) < 4.78 is 0. The van der Waals surface area contributed by atoms with E-state index in [2.05, 4.69) is 28.6 Å². The third kappa shape index (κ3) is 8.54. The summed E-state index contributed by atoms with van der Waals surface area (Å²) in [6.45, 7) is 2.52. The Kier molecular flexibility index (Phi) is 11.1. The van der Waals surface area contributed by atoms with Gasteiger partial charge in [-0.05, 0) is 5.92 Å². The zero-order valence-corrected chi connectivity index (χ0v) is 16.4. The largest absolute Gasteiger partial charge is 0.480 e. The van der Waals surface area contributed by atoms with Crippen molar-refractivity contribution in [1.82, 2.24) is 16.0 Å². The molecule has 0 aliphatic heterocycles. The van der Waals surface area contributed by atoms with Gasteiger partial charge in [0, 0.05) is 5.75 Å². The molecule has 13 heteroatoms. The lowest BCUT2D eigenvalue weighted by Crippen LogP contribution is -2.59. The fourth-order valence-electron chi connectivity index (χ4n) is 2.01. The minimum atomic E-state index is -1.43. The van der Waals surface area contributed by atoms with Gasteiger partial charge in [0.1, 0.15) is 24.2 Å². The number of hydrogen-bond acceptors (Lipinski definition) is 8. The van der Waals surface area contributed by atoms with Gasteiger partial charge in [-0.25, -0.2) is 4.79 Å². The van der Waals surface area contributed by atoms with Crippen molar-refractivity contribution in [2.45, 2.75) is 44.4 Å². The number of carboxylic acid groups (broad SMARTS) is 1. The van der Waals surface area contributed by atoms with Crippen LogP contribution in [0.25, 0.3) is 0 Å². The number of thiol groups is 1. The van der Waals surface area contributed by atoms with Crippen LogP contribution in [0.2, 0.25) is 0 Å². The van der Waals surface area contributed by atoms with Crippen LogP contribution in [0.15, 0.2) is 0 Å². The van der Waals surface area contributed by atoms with E-state index in [-0.39, 0.29) is 5.75 Å². The van der Waals surface area contributed by atoms with E-state index in [1.807, 2.05) is 0 Å². The van der Waals surface area contributed by atoms with Gasteiger partial charge in [0.05, 0.1) is 13.0 Å². The molecule has 0 radical (unpaired) electrons. The molecule has 0 rings (SSSR count). The average molecular weight is 421 g/mol. The molecule has 0 saturated carbocycles. The number of rotatable bonds is 12. The zero-order valence-electron chi connectivity index (χ0n) is 15.5. The number of nitrogens with one attached hydrogen (secondary N) is 3. The number of aliphatic hydroxyl groups excluding tert-OH is 1. The number of nitrogens with two attached hydrogens (primary N) is 2. The molecule has 4 atom stereocenters. The zero-order chi connectivity index (χ0) is 22.0. The minimum absolute atomic E-state index is 0.167. The summed E-state index contributed by atoms with van der Waals surface area (Å²) in [7, 11) is 0. The van der Waals surface area contributed by atoms with E-state index < -0.39 is 72.7 Å². The van der Waals surface area contributed by atoms with Crippen molar-refractivity contribution < 1.29 is 34.2 Å². The fraction of sp³-hybridized carbons (Fsp3) is 0.667. The normalized spacial score (nSPS) is 15.1. The number of amides is 4. The SMILES string of the molecule is CC(C)C(NC(=O)C(CC(N)=O)NC(=O)C(N)CO)C(=O)NC(CS)C(=O)O. The monoisotopic (exact) mass is 421 g/mol. The molecule has 4 unspecified atom stereocenters. The molecule has 28 heavy (non-hydrogen) atoms. The Morgan fingerprint density at radius 3 is 1.89 bits per heavy atom. The van der Waals surface area contributed by atoms with E-state index in [1.165, 1.54) is 0 Å². The Morgan fingerprint density at radius 2 is 1.50 bits per heavy atom. The Bertz CT molecular complexity index is 601. The quantitative estimate of drug-likeness (QED) is 0.146. The highest BCUT2D eigenvalue weighted by Crippen LogP contribution is 2.05. The average Bonchev–Trinajstić information content (AvgIpc) is 2.61. The Labute approximate surface area is 167 Å². The van der Waals surface area contributed by atoms with Crippen molar-refractivity contribution in [3.8, 4) is 0 Å². The number of carbonyl (C=O) groups excluding carboxylic acids is 4. The van der Waals surface area contributed by atoms with E-state index in [9.17, 15) is 24.0 Å². The second-order valence-corrected chi connectivity index (χ2v) is 6.70. The van der Waals surface area contributed by atoms with Gasteiger partial charge in [0.2, 0.25) is 23.6 Å². The highest BCUT2D eigenvalue weighted by molar-refractivity contribution is 7.80. The van der Waals surface area contributed by atoms with Gasteiger partial charge < -0.3 is 37.6 Å². The number of carbonyl (C=O) groups is 5. The number of carboxylic acids is 1. The molecule has 0 spiro atoms. The van der Waals surface area contributed by atoms with Crippen LogP contribution >= 0.6 is 12.6 Å². The summed E-state index contributed by atoms with van der Waals surface area (Å²) in [5.41, 5.74) is 10.4. The first-order valence-corrected chi connectivity index (χ1v) is 8.97. The summed E-state index contributed by atoms with van der Waals surface area (Å²) in [5.74, 6) is -5.39. The summed E-state index contributed by atoms with van der Waals surface area (Å²) in [6, 6.07) is -5.18. The fourth-order valence-corrected chi connectivity index (χ4v) is 2.26. The van der Waals surface area contributed by atoms with Crippen molar-refractivity contribution in [1.29, 1.82) is 0 Å². The molecule has 0 aromatic heterocycles. The van der Waals surface area contributed by atoms with E-state index in [0.717, 1.165) is 0 Å². The van der Waals surface area contributed by atoms with Gasteiger partial charge >= 0.3 is 5.97 Å². The molecule has 0 fully saturated rings. The highest BCUT2D eigenvalue weighted by Gasteiger charge is 2.32. The summed E-state index contributed by atoms with van der Waals surface area (Å²) in [6.07, 6.45) is -0.573. The maximum atomic E-state index is 12.5. The molecular weight excluding hydrogens is 394 g/mol. The number of aliphatic hydroxyl groups is 1. The second kappa shape index (κ2) is 12.2. The van der Waals surface area contributed by atoms with Crippen molar-refractivity contribution in [2.24, 2.45) is 17.4 Å². The Balaban J connectivity index is 5.32. The molecule has 0 aliphatic carbocycles. The summed E-state index contributed by atoms with van der Waals surface area (Å²) >= 11 is 3.84. The lowest BCUT2D eigenvalue weighted by atomic mass is 10.0. The van der Waals surface area contributed by atoms with Gasteiger partial charge in [0.15, 0.2) is 0 Å². The Hall–Kier alpha value is -2.38. The topological polar surface area (TPSA) is 214 Å². The number of aliphatic carboxylic acids is 1. The molecule has 4 amide bonds. The molecule has 0 aromatic rings. The first kappa shape index (κ1) is 25.6. The summed E-state index contributed by atoms with van der Waals surface area (Å²) in [5, 5.41) is 24.7. The molecule has 0 aromatic carbocycles. The predicted molar refractivity (Wildman–Crippen MR) is 101 cm³/mol. The highest BCUT2D eigenvalue weighted by atomic mass is 32.1. The maximum absolute atomic E-state index is 12.5. The second-order valence-electron chi connectivity index (χ2n) is 6.33. The van der Waals surface area contributed by atoms with Crippen LogP contribution < -0.4 is 27.4 Å². The lowest BCUT2D eigenvalue weighted by Gasteiger charge is -2.26. The minimum Gasteiger partial charge on any atom is -0.480 e. The van der Waals surface area contributed by atoms with Gasteiger partial charge in [-0.3, -0.25) is 19.2 Å². The maximum Gasteiger partial charge on any atom is 0.327 e. The third-order valence-corrected chi connectivity index (χ3v) is 3.98. The molecule has 9 N–H and O–H groups in total. The molecule has 0 bridgehead atoms. The number of primary amides is 1. The van der Waals surface area contributed by atoms with Crippen LogP contribution in [-0.2, 0) is 24.0 Å². The van der Waals surface area contributed by atoms with Crippen LogP contribution in [0.3, 0.4) is 0 Å². The van der Waals surface area contributed by atoms with Crippen LogP contribution in [0, 0.1) is 5.92 Å². The van der Waals surface area contributed by atoms with Gasteiger partial charge in [0.25, 0.3) is 0 Å². The molecule has 0 saturated heterocycles. The van der Waals surface area contributed by atoms with Crippen molar-refractivity contribution in [3.63, 3.8) is 0 Å². The summed E-state index contributed by atoms with van der Waals surface area (Å²) in [4.78, 5) is 58.9. The molecule has 160 valence electrons. The number of hydrogen-bond donors (Lipinski definition) is 8.